The second-order valence-electron chi connectivity index (χ2n) is 9.85. The van der Waals surface area contributed by atoms with Gasteiger partial charge in [0.05, 0.1) is 6.54 Å². The van der Waals surface area contributed by atoms with Crippen LogP contribution in [0.4, 0.5) is 14.9 Å². The van der Waals surface area contributed by atoms with Crippen LogP contribution in [-0.4, -0.2) is 84.2 Å². The first kappa shape index (κ1) is 31.1. The van der Waals surface area contributed by atoms with Crippen molar-refractivity contribution in [2.45, 2.75) is 25.5 Å². The van der Waals surface area contributed by atoms with E-state index >= 15 is 0 Å². The van der Waals surface area contributed by atoms with Gasteiger partial charge >= 0.3 is 6.09 Å². The molecular weight excluding hydrogens is 531 g/mol. The highest BCUT2D eigenvalue weighted by Crippen LogP contribution is 2.20. The molecular formula is C29H37FN6O5. The molecule has 0 radical (unpaired) electrons. The van der Waals surface area contributed by atoms with Gasteiger partial charge in [-0.3, -0.25) is 14.4 Å². The number of hydrogen-bond acceptors (Lipinski definition) is 6. The van der Waals surface area contributed by atoms with E-state index in [4.69, 9.17) is 4.74 Å². The number of amides is 3. The van der Waals surface area contributed by atoms with Crippen LogP contribution in [0.1, 0.15) is 18.5 Å². The van der Waals surface area contributed by atoms with Crippen LogP contribution in [0.15, 0.2) is 59.5 Å². The van der Waals surface area contributed by atoms with Crippen LogP contribution in [0, 0.1) is 5.82 Å². The largest absolute Gasteiger partial charge is 0.436 e. The second-order valence-corrected chi connectivity index (χ2v) is 9.85. The second kappa shape index (κ2) is 14.3. The molecule has 0 aliphatic rings. The fourth-order valence-corrected chi connectivity index (χ4v) is 4.08. The molecule has 0 fully saturated rings. The van der Waals surface area contributed by atoms with Crippen LogP contribution >= 0.6 is 0 Å². The zero-order valence-corrected chi connectivity index (χ0v) is 24.0. The first-order valence-corrected chi connectivity index (χ1v) is 13.2. The van der Waals surface area contributed by atoms with Gasteiger partial charge in [0.2, 0.25) is 5.91 Å². The lowest BCUT2D eigenvalue weighted by Crippen LogP contribution is -2.40. The quantitative estimate of drug-likeness (QED) is 0.325. The predicted molar refractivity (Wildman–Crippen MR) is 155 cm³/mol. The van der Waals surface area contributed by atoms with Gasteiger partial charge in [0.1, 0.15) is 11.5 Å². The molecule has 12 heteroatoms. The monoisotopic (exact) mass is 568 g/mol. The van der Waals surface area contributed by atoms with Crippen LogP contribution in [0.2, 0.25) is 0 Å². The van der Waals surface area contributed by atoms with E-state index in [-0.39, 0.29) is 36.8 Å². The number of likely N-dealkylation sites (N-methyl/N-ethyl adjacent to an activating group) is 3. The molecule has 0 spiro atoms. The third-order valence-electron chi connectivity index (χ3n) is 6.56. The summed E-state index contributed by atoms with van der Waals surface area (Å²) in [5.74, 6) is -1.22. The van der Waals surface area contributed by atoms with Gasteiger partial charge in [-0.2, -0.15) is 0 Å². The Bertz CT molecular complexity index is 1480. The SMILES string of the molecule is CNCCN(C)C(=O)O[C@@H](CC/C=C/C(=O)N(C)C)C(=O)Nc1cccn(Cc2cc3cc(F)ccc3n2C)c1=O. The molecule has 0 saturated carbocycles. The summed E-state index contributed by atoms with van der Waals surface area (Å²) in [5.41, 5.74) is 1.16. The van der Waals surface area contributed by atoms with Gasteiger partial charge in [-0.1, -0.05) is 6.08 Å². The molecule has 0 aliphatic heterocycles. The highest BCUT2D eigenvalue weighted by atomic mass is 19.1. The van der Waals surface area contributed by atoms with Gasteiger partial charge in [-0.25, -0.2) is 9.18 Å². The Labute approximate surface area is 238 Å². The maximum Gasteiger partial charge on any atom is 0.410 e. The minimum absolute atomic E-state index is 0.0187. The minimum Gasteiger partial charge on any atom is -0.436 e. The molecule has 220 valence electrons. The number of allylic oxidation sites excluding steroid dienone is 1. The lowest BCUT2D eigenvalue weighted by Gasteiger charge is -2.22. The maximum absolute atomic E-state index is 13.7. The summed E-state index contributed by atoms with van der Waals surface area (Å²) < 4.78 is 22.5. The van der Waals surface area contributed by atoms with E-state index < -0.39 is 23.7 Å². The molecule has 2 N–H and O–H groups in total. The fraction of sp³-hybridized carbons (Fsp3) is 0.379. The van der Waals surface area contributed by atoms with Crippen molar-refractivity contribution in [2.75, 3.05) is 46.6 Å². The number of nitrogens with one attached hydrogen (secondary N) is 2. The number of ether oxygens (including phenoxy) is 1. The van der Waals surface area contributed by atoms with Gasteiger partial charge in [0.15, 0.2) is 6.10 Å². The fourth-order valence-electron chi connectivity index (χ4n) is 4.08. The summed E-state index contributed by atoms with van der Waals surface area (Å²) in [6, 6.07) is 9.40. The summed E-state index contributed by atoms with van der Waals surface area (Å²) in [6.07, 6.45) is 3.07. The normalized spacial score (nSPS) is 12.0. The Kier molecular flexibility index (Phi) is 10.8. The zero-order valence-electron chi connectivity index (χ0n) is 24.0. The standard InChI is InChI=1S/C29H37FN6O5/c1-31-14-16-34(4)29(40)41-25(10-6-7-11-26(37)33(2)3)27(38)32-23-9-8-15-36(28(23)39)19-22-18-20-17-21(30)12-13-24(20)35(22)5/h7-9,11-13,15,17-18,25,31H,6,10,14,16,19H2,1-5H3,(H,32,38)/b11-7+/t25-/m0/s1. The van der Waals surface area contributed by atoms with Gasteiger partial charge in [-0.05, 0) is 62.4 Å². The van der Waals surface area contributed by atoms with Gasteiger partial charge in [0.25, 0.3) is 11.5 Å². The smallest absolute Gasteiger partial charge is 0.410 e. The van der Waals surface area contributed by atoms with Crippen LogP contribution in [0.3, 0.4) is 0 Å². The van der Waals surface area contributed by atoms with E-state index in [1.165, 1.54) is 38.6 Å². The van der Waals surface area contributed by atoms with E-state index in [2.05, 4.69) is 10.6 Å². The number of hydrogen-bond donors (Lipinski definition) is 2. The lowest BCUT2D eigenvalue weighted by molar-refractivity contribution is -0.125. The summed E-state index contributed by atoms with van der Waals surface area (Å²) >= 11 is 0. The topological polar surface area (TPSA) is 118 Å². The molecule has 2 aromatic heterocycles. The Morgan fingerprint density at radius 3 is 2.61 bits per heavy atom. The van der Waals surface area contributed by atoms with E-state index in [9.17, 15) is 23.6 Å². The number of carbonyl (C=O) groups is 3. The predicted octanol–water partition coefficient (Wildman–Crippen LogP) is 2.55. The Morgan fingerprint density at radius 1 is 1.15 bits per heavy atom. The first-order valence-electron chi connectivity index (χ1n) is 13.2. The Hall–Kier alpha value is -4.45. The number of aryl methyl sites for hydroxylation is 1. The van der Waals surface area contributed by atoms with Crippen molar-refractivity contribution < 1.29 is 23.5 Å². The van der Waals surface area contributed by atoms with E-state index in [0.717, 1.165) is 11.2 Å². The summed E-state index contributed by atoms with van der Waals surface area (Å²) in [7, 11) is 8.39. The number of carbonyl (C=O) groups excluding carboxylic acids is 3. The van der Waals surface area contributed by atoms with Crippen molar-refractivity contribution in [1.29, 1.82) is 0 Å². The van der Waals surface area contributed by atoms with Crippen LogP contribution in [-0.2, 0) is 27.9 Å². The van der Waals surface area contributed by atoms with Crippen LogP contribution in [0.25, 0.3) is 10.9 Å². The van der Waals surface area contributed by atoms with Crippen LogP contribution in [0.5, 0.6) is 0 Å². The molecule has 41 heavy (non-hydrogen) atoms. The van der Waals surface area contributed by atoms with Crippen molar-refractivity contribution in [3.8, 4) is 0 Å². The number of nitrogens with zero attached hydrogens (tertiary/aromatic N) is 4. The number of fused-ring (bicyclic) bond motifs is 1. The van der Waals surface area contributed by atoms with E-state index in [1.54, 1.807) is 52.6 Å². The molecule has 11 nitrogen and oxygen atoms in total. The van der Waals surface area contributed by atoms with Gasteiger partial charge in [-0.15, -0.1) is 0 Å². The summed E-state index contributed by atoms with van der Waals surface area (Å²) in [4.78, 5) is 53.7. The average Bonchev–Trinajstić information content (AvgIpc) is 3.24. The molecule has 1 atom stereocenters. The van der Waals surface area contributed by atoms with E-state index in [1.807, 2.05) is 17.7 Å². The third kappa shape index (κ3) is 8.27. The minimum atomic E-state index is -1.21. The van der Waals surface area contributed by atoms with Crippen molar-refractivity contribution in [3.05, 3.63) is 76.6 Å². The number of pyridine rings is 1. The molecule has 0 bridgehead atoms. The third-order valence-corrected chi connectivity index (χ3v) is 6.56. The Balaban J connectivity index is 1.78. The first-order chi connectivity index (χ1) is 19.5. The van der Waals surface area contributed by atoms with Crippen molar-refractivity contribution in [2.24, 2.45) is 7.05 Å². The lowest BCUT2D eigenvalue weighted by atomic mass is 10.1. The number of aromatic nitrogens is 2. The van der Waals surface area contributed by atoms with Crippen molar-refractivity contribution in [1.82, 2.24) is 24.3 Å². The Morgan fingerprint density at radius 2 is 1.90 bits per heavy atom. The maximum atomic E-state index is 13.7. The summed E-state index contributed by atoms with van der Waals surface area (Å²) in [5, 5.41) is 6.26. The summed E-state index contributed by atoms with van der Waals surface area (Å²) in [6.45, 7) is 1.09. The van der Waals surface area contributed by atoms with E-state index in [0.29, 0.717) is 18.5 Å². The molecule has 2 heterocycles. The number of anilines is 1. The molecule has 1 aromatic carbocycles. The van der Waals surface area contributed by atoms with Gasteiger partial charge < -0.3 is 34.3 Å². The molecule has 3 aromatic rings. The van der Waals surface area contributed by atoms with Crippen molar-refractivity contribution in [3.63, 3.8) is 0 Å². The van der Waals surface area contributed by atoms with Gasteiger partial charge in [0, 0.05) is 64.1 Å². The number of halogens is 1. The number of benzene rings is 1. The molecule has 0 saturated heterocycles. The average molecular weight is 569 g/mol. The number of rotatable bonds is 12. The highest BCUT2D eigenvalue weighted by Gasteiger charge is 2.25. The highest BCUT2D eigenvalue weighted by molar-refractivity contribution is 5.95. The van der Waals surface area contributed by atoms with Crippen molar-refractivity contribution >= 4 is 34.5 Å². The zero-order chi connectivity index (χ0) is 30.1. The molecule has 0 unspecified atom stereocenters. The molecule has 3 amide bonds. The molecule has 0 aliphatic carbocycles. The van der Waals surface area contributed by atoms with Crippen LogP contribution < -0.4 is 16.2 Å². The molecule has 3 rings (SSSR count).